The number of benzene rings is 1. The van der Waals surface area contributed by atoms with Crippen LogP contribution in [0.25, 0.3) is 0 Å². The number of nitrogens with zero attached hydrogens (tertiary/aromatic N) is 2. The molecule has 23 heavy (non-hydrogen) atoms. The van der Waals surface area contributed by atoms with Crippen molar-refractivity contribution in [3.05, 3.63) is 35.4 Å². The first-order chi connectivity index (χ1) is 12.7. The minimum Gasteiger partial charge on any atom is -0.332 e. The van der Waals surface area contributed by atoms with E-state index in [1.807, 2.05) is 23.1 Å². The van der Waals surface area contributed by atoms with Crippen LogP contribution in [0.3, 0.4) is 0 Å². The molecule has 1 aromatic rings. The van der Waals surface area contributed by atoms with Crippen LogP contribution in [-0.4, -0.2) is 41.2 Å². The van der Waals surface area contributed by atoms with Crippen molar-refractivity contribution in [1.82, 2.24) is 9.80 Å². The van der Waals surface area contributed by atoms with Gasteiger partial charge in [-0.15, -0.1) is 0 Å². The van der Waals surface area contributed by atoms with Gasteiger partial charge in [-0.2, -0.15) is 0 Å². The summed E-state index contributed by atoms with van der Waals surface area (Å²) < 4.78 is 31.7. The third-order valence-electron chi connectivity index (χ3n) is 5.20. The summed E-state index contributed by atoms with van der Waals surface area (Å²) in [6.07, 6.45) is -2.91. The first-order valence-electron chi connectivity index (χ1n) is 10.4. The molecule has 4 heteroatoms. The predicted molar refractivity (Wildman–Crippen MR) is 87.8 cm³/mol. The number of carbonyl (C=O) groups is 2. The third-order valence-corrected chi connectivity index (χ3v) is 5.20. The molecule has 0 spiro atoms. The largest absolute Gasteiger partial charge is 0.332 e. The van der Waals surface area contributed by atoms with Gasteiger partial charge in [0.2, 0.25) is 11.8 Å². The van der Waals surface area contributed by atoms with Crippen LogP contribution in [0.4, 0.5) is 0 Å². The molecule has 0 radical (unpaired) electrons. The zero-order valence-corrected chi connectivity index (χ0v) is 13.1. The SMILES string of the molecule is [2H]C1([2H])CCC(C(=O)N2CC(=O)N3CCc4ccccc4C3C2)CC1([2H])[2H]. The Morgan fingerprint density at radius 2 is 2.09 bits per heavy atom. The molecule has 1 saturated heterocycles. The molecule has 2 unspecified atom stereocenters. The fraction of sp³-hybridized carbons (Fsp3) is 0.579. The van der Waals surface area contributed by atoms with Gasteiger partial charge in [0.1, 0.15) is 0 Å². The van der Waals surface area contributed by atoms with Crippen LogP contribution in [-0.2, 0) is 16.0 Å². The first kappa shape index (κ1) is 10.8. The van der Waals surface area contributed by atoms with Gasteiger partial charge in [0, 0.05) is 24.5 Å². The second-order valence-corrected chi connectivity index (χ2v) is 6.56. The number of hydrogen-bond donors (Lipinski definition) is 0. The van der Waals surface area contributed by atoms with Crippen LogP contribution in [0, 0.1) is 5.92 Å². The molecule has 122 valence electrons. The molecule has 1 saturated carbocycles. The Kier molecular flexibility index (Phi) is 2.82. The van der Waals surface area contributed by atoms with Gasteiger partial charge in [-0.1, -0.05) is 43.4 Å². The van der Waals surface area contributed by atoms with E-state index in [1.54, 1.807) is 4.90 Å². The Bertz CT molecular complexity index is 783. The van der Waals surface area contributed by atoms with Crippen molar-refractivity contribution >= 4 is 11.8 Å². The quantitative estimate of drug-likeness (QED) is 0.799. The highest BCUT2D eigenvalue weighted by Gasteiger charge is 2.39. The molecule has 0 bridgehead atoms. The summed E-state index contributed by atoms with van der Waals surface area (Å²) in [7, 11) is 0. The topological polar surface area (TPSA) is 40.6 Å². The van der Waals surface area contributed by atoms with Crippen LogP contribution >= 0.6 is 0 Å². The molecule has 2 amide bonds. The third kappa shape index (κ3) is 2.64. The van der Waals surface area contributed by atoms with Crippen molar-refractivity contribution < 1.29 is 15.1 Å². The summed E-state index contributed by atoms with van der Waals surface area (Å²) in [5, 5.41) is 0. The number of fused-ring (bicyclic) bond motifs is 3. The highest BCUT2D eigenvalue weighted by atomic mass is 16.2. The number of piperazine rings is 1. The predicted octanol–water partition coefficient (Wildman–Crippen LogP) is 2.53. The van der Waals surface area contributed by atoms with Gasteiger partial charge in [-0.3, -0.25) is 9.59 Å². The van der Waals surface area contributed by atoms with E-state index in [1.165, 1.54) is 5.56 Å². The number of amides is 2. The summed E-state index contributed by atoms with van der Waals surface area (Å²) in [5.74, 6) is -0.851. The van der Waals surface area contributed by atoms with Crippen LogP contribution < -0.4 is 0 Å². The average molecular weight is 316 g/mol. The average Bonchev–Trinajstić information content (AvgIpc) is 2.63. The maximum atomic E-state index is 13.1. The maximum Gasteiger partial charge on any atom is 0.242 e. The van der Waals surface area contributed by atoms with E-state index in [-0.39, 0.29) is 37.2 Å². The maximum absolute atomic E-state index is 13.1. The highest BCUT2D eigenvalue weighted by molar-refractivity contribution is 5.87. The Hall–Kier alpha value is -1.84. The molecule has 1 aliphatic carbocycles. The van der Waals surface area contributed by atoms with Crippen LogP contribution in [0.2, 0.25) is 0 Å². The molecule has 0 N–H and O–H groups in total. The standard InChI is InChI=1S/C19H24N2O2/c22-18-13-20(19(23)15-7-2-1-3-8-15)12-17-16-9-5-4-6-14(16)10-11-21(17)18/h4-6,9,15,17H,1-3,7-8,10-13H2/i1D2,2D2. The number of hydrogen-bond acceptors (Lipinski definition) is 2. The van der Waals surface area contributed by atoms with E-state index in [4.69, 9.17) is 5.48 Å². The van der Waals surface area contributed by atoms with Gasteiger partial charge in [0.25, 0.3) is 0 Å². The Labute approximate surface area is 143 Å². The van der Waals surface area contributed by atoms with Gasteiger partial charge in [-0.25, -0.2) is 0 Å². The second-order valence-electron chi connectivity index (χ2n) is 6.56. The van der Waals surface area contributed by atoms with Crippen molar-refractivity contribution in [1.29, 1.82) is 0 Å². The first-order valence-corrected chi connectivity index (χ1v) is 8.36. The summed E-state index contributed by atoms with van der Waals surface area (Å²) in [4.78, 5) is 29.1. The molecular weight excluding hydrogens is 288 g/mol. The fourth-order valence-electron chi connectivity index (χ4n) is 3.94. The van der Waals surface area contributed by atoms with Crippen molar-refractivity contribution in [3.63, 3.8) is 0 Å². The van der Waals surface area contributed by atoms with Gasteiger partial charge < -0.3 is 9.80 Å². The molecule has 2 heterocycles. The fourth-order valence-corrected chi connectivity index (χ4v) is 3.94. The summed E-state index contributed by atoms with van der Waals surface area (Å²) in [6, 6.07) is 7.87. The number of carbonyl (C=O) groups excluding carboxylic acids is 2. The van der Waals surface area contributed by atoms with Crippen LogP contribution in [0.1, 0.15) is 54.7 Å². The normalized spacial score (nSPS) is 34.3. The minimum absolute atomic E-state index is 0.0244. The molecule has 0 aromatic heterocycles. The Morgan fingerprint density at radius 3 is 2.96 bits per heavy atom. The smallest absolute Gasteiger partial charge is 0.242 e. The lowest BCUT2D eigenvalue weighted by Crippen LogP contribution is -2.56. The summed E-state index contributed by atoms with van der Waals surface area (Å²) in [5.41, 5.74) is 2.30. The second kappa shape index (κ2) is 5.99. The summed E-state index contributed by atoms with van der Waals surface area (Å²) in [6.45, 7) is 1.12. The van der Waals surface area contributed by atoms with Gasteiger partial charge in [0.05, 0.1) is 12.6 Å². The molecule has 2 atom stereocenters. The lowest BCUT2D eigenvalue weighted by atomic mass is 9.87. The monoisotopic (exact) mass is 316 g/mol. The molecular formula is C19H24N2O2. The molecule has 4 rings (SSSR count). The molecule has 1 aromatic carbocycles. The lowest BCUT2D eigenvalue weighted by Gasteiger charge is -2.45. The van der Waals surface area contributed by atoms with E-state index in [0.29, 0.717) is 19.5 Å². The van der Waals surface area contributed by atoms with E-state index in [9.17, 15) is 9.59 Å². The zero-order chi connectivity index (χ0) is 19.4. The molecule has 2 aliphatic heterocycles. The van der Waals surface area contributed by atoms with Gasteiger partial charge in [0.15, 0.2) is 0 Å². The lowest BCUT2D eigenvalue weighted by molar-refractivity contribution is -0.152. The van der Waals surface area contributed by atoms with Crippen LogP contribution in [0.5, 0.6) is 0 Å². The Morgan fingerprint density at radius 1 is 1.22 bits per heavy atom. The van der Waals surface area contributed by atoms with E-state index in [0.717, 1.165) is 12.0 Å². The van der Waals surface area contributed by atoms with Crippen molar-refractivity contribution in [2.45, 2.75) is 44.5 Å². The summed E-state index contributed by atoms with van der Waals surface area (Å²) >= 11 is 0. The number of rotatable bonds is 1. The van der Waals surface area contributed by atoms with E-state index < -0.39 is 18.7 Å². The minimum atomic E-state index is -2.03. The molecule has 2 fully saturated rings. The van der Waals surface area contributed by atoms with Crippen molar-refractivity contribution in [2.75, 3.05) is 19.6 Å². The van der Waals surface area contributed by atoms with Crippen LogP contribution in [0.15, 0.2) is 24.3 Å². The van der Waals surface area contributed by atoms with Gasteiger partial charge in [-0.05, 0) is 30.4 Å². The van der Waals surface area contributed by atoms with Crippen molar-refractivity contribution in [2.24, 2.45) is 5.92 Å². The van der Waals surface area contributed by atoms with E-state index >= 15 is 0 Å². The van der Waals surface area contributed by atoms with E-state index in [2.05, 4.69) is 6.07 Å². The Balaban J connectivity index is 1.54. The zero-order valence-electron chi connectivity index (χ0n) is 17.1. The molecule has 4 nitrogen and oxygen atoms in total. The van der Waals surface area contributed by atoms with Gasteiger partial charge >= 0.3 is 0 Å². The highest BCUT2D eigenvalue weighted by Crippen LogP contribution is 2.34. The molecule has 3 aliphatic rings. The van der Waals surface area contributed by atoms with Crippen molar-refractivity contribution in [3.8, 4) is 0 Å².